The van der Waals surface area contributed by atoms with Crippen LogP contribution in [0.1, 0.15) is 25.0 Å². The van der Waals surface area contributed by atoms with Crippen LogP contribution in [0.5, 0.6) is 0 Å². The van der Waals surface area contributed by atoms with E-state index in [4.69, 9.17) is 0 Å². The third-order valence-electron chi connectivity index (χ3n) is 4.48. The zero-order valence-electron chi connectivity index (χ0n) is 17.6. The zero-order valence-corrected chi connectivity index (χ0v) is 18.5. The molecule has 1 aromatic heterocycles. The lowest BCUT2D eigenvalue weighted by atomic mass is 10.1. The number of benzene rings is 2. The van der Waals surface area contributed by atoms with Gasteiger partial charge in [-0.25, -0.2) is 0 Å². The quantitative estimate of drug-likeness (QED) is 0.508. The van der Waals surface area contributed by atoms with Crippen molar-refractivity contribution in [2.45, 2.75) is 38.1 Å². The zero-order chi connectivity index (χ0) is 22.5. The van der Waals surface area contributed by atoms with Crippen molar-refractivity contribution >= 4 is 35.0 Å². The van der Waals surface area contributed by atoms with Crippen LogP contribution >= 0.6 is 11.8 Å². The van der Waals surface area contributed by atoms with E-state index < -0.39 is 10.8 Å². The van der Waals surface area contributed by atoms with Gasteiger partial charge in [-0.1, -0.05) is 41.6 Å². The molecule has 1 heterocycles. The summed E-state index contributed by atoms with van der Waals surface area (Å²) in [5, 5.41) is 13.4. The van der Waals surface area contributed by atoms with Crippen molar-refractivity contribution < 1.29 is 9.59 Å². The van der Waals surface area contributed by atoms with Gasteiger partial charge < -0.3 is 10.6 Å². The van der Waals surface area contributed by atoms with Crippen LogP contribution in [-0.4, -0.2) is 32.2 Å². The normalized spacial score (nSPS) is 11.6. The highest BCUT2D eigenvalue weighted by molar-refractivity contribution is 8.00. The van der Waals surface area contributed by atoms with Crippen molar-refractivity contribution in [1.29, 1.82) is 0 Å². The molecule has 31 heavy (non-hydrogen) atoms. The fraction of sp³-hybridized carbons (Fsp3) is 0.227. The second-order valence-corrected chi connectivity index (χ2v) is 8.43. The standard InChI is InChI=1S/C22H23N5O3S/c1-12-9-10-18(23-15(4)28)16(11-12)19-21(30)25-22(27-26-19)31-14(3)20(29)24-17-8-6-5-7-13(17)2/h5-11,14H,1-4H3,(H,23,28)(H,24,29)(H,25,27,30)/t14-/m0/s1. The van der Waals surface area contributed by atoms with Crippen molar-refractivity contribution in [2.75, 3.05) is 10.6 Å². The molecule has 2 amide bonds. The summed E-state index contributed by atoms with van der Waals surface area (Å²) >= 11 is 1.10. The molecule has 0 bridgehead atoms. The molecule has 0 aliphatic heterocycles. The van der Waals surface area contributed by atoms with Gasteiger partial charge in [0.25, 0.3) is 5.56 Å². The van der Waals surface area contributed by atoms with Crippen molar-refractivity contribution in [1.82, 2.24) is 15.2 Å². The summed E-state index contributed by atoms with van der Waals surface area (Å²) in [4.78, 5) is 39.4. The molecule has 0 aliphatic rings. The number of thioether (sulfide) groups is 1. The highest BCUT2D eigenvalue weighted by Crippen LogP contribution is 2.26. The van der Waals surface area contributed by atoms with E-state index in [1.807, 2.05) is 44.2 Å². The fourth-order valence-electron chi connectivity index (χ4n) is 2.87. The number of para-hydroxylation sites is 1. The maximum atomic E-state index is 12.7. The highest BCUT2D eigenvalue weighted by Gasteiger charge is 2.19. The number of nitrogens with zero attached hydrogens (tertiary/aromatic N) is 2. The van der Waals surface area contributed by atoms with Gasteiger partial charge in [-0.2, -0.15) is 0 Å². The number of aromatic nitrogens is 3. The van der Waals surface area contributed by atoms with Crippen LogP contribution in [0.15, 0.2) is 52.4 Å². The lowest BCUT2D eigenvalue weighted by Gasteiger charge is -2.13. The van der Waals surface area contributed by atoms with Crippen LogP contribution < -0.4 is 16.2 Å². The molecule has 3 aromatic rings. The van der Waals surface area contributed by atoms with E-state index in [-0.39, 0.29) is 22.7 Å². The fourth-order valence-corrected chi connectivity index (χ4v) is 3.61. The largest absolute Gasteiger partial charge is 0.326 e. The average molecular weight is 438 g/mol. The number of rotatable bonds is 6. The number of hydrogen-bond donors (Lipinski definition) is 3. The maximum Gasteiger partial charge on any atom is 0.278 e. The first-order chi connectivity index (χ1) is 14.7. The number of aromatic amines is 1. The van der Waals surface area contributed by atoms with Crippen molar-refractivity contribution in [3.63, 3.8) is 0 Å². The van der Waals surface area contributed by atoms with Gasteiger partial charge in [0.15, 0.2) is 10.9 Å². The Bertz CT molecular complexity index is 1190. The van der Waals surface area contributed by atoms with Gasteiger partial charge in [0.1, 0.15) is 0 Å². The molecule has 160 valence electrons. The summed E-state index contributed by atoms with van der Waals surface area (Å²) in [6.07, 6.45) is 0. The average Bonchev–Trinajstić information content (AvgIpc) is 2.71. The molecule has 0 radical (unpaired) electrons. The number of hydrogen-bond acceptors (Lipinski definition) is 6. The smallest absolute Gasteiger partial charge is 0.278 e. The number of carbonyl (C=O) groups excluding carboxylic acids is 2. The monoisotopic (exact) mass is 437 g/mol. The van der Waals surface area contributed by atoms with Crippen LogP contribution in [0.25, 0.3) is 11.3 Å². The van der Waals surface area contributed by atoms with Crippen LogP contribution in [0.2, 0.25) is 0 Å². The first-order valence-corrected chi connectivity index (χ1v) is 10.5. The molecule has 9 heteroatoms. The second kappa shape index (κ2) is 9.57. The minimum Gasteiger partial charge on any atom is -0.326 e. The van der Waals surface area contributed by atoms with Gasteiger partial charge in [0, 0.05) is 18.2 Å². The van der Waals surface area contributed by atoms with Crippen LogP contribution in [-0.2, 0) is 9.59 Å². The Morgan fingerprint density at radius 1 is 1.03 bits per heavy atom. The van der Waals surface area contributed by atoms with Gasteiger partial charge >= 0.3 is 0 Å². The predicted molar refractivity (Wildman–Crippen MR) is 122 cm³/mol. The van der Waals surface area contributed by atoms with E-state index >= 15 is 0 Å². The lowest BCUT2D eigenvalue weighted by molar-refractivity contribution is -0.115. The van der Waals surface area contributed by atoms with E-state index in [0.29, 0.717) is 11.3 Å². The van der Waals surface area contributed by atoms with E-state index in [1.165, 1.54) is 6.92 Å². The number of anilines is 2. The summed E-state index contributed by atoms with van der Waals surface area (Å²) in [7, 11) is 0. The van der Waals surface area contributed by atoms with E-state index in [9.17, 15) is 14.4 Å². The number of aryl methyl sites for hydroxylation is 2. The topological polar surface area (TPSA) is 117 Å². The summed E-state index contributed by atoms with van der Waals surface area (Å²) in [5.74, 6) is -0.465. The van der Waals surface area contributed by atoms with Gasteiger partial charge in [-0.15, -0.1) is 10.2 Å². The lowest BCUT2D eigenvalue weighted by Crippen LogP contribution is -2.24. The van der Waals surface area contributed by atoms with Crippen molar-refractivity contribution in [3.05, 3.63) is 63.9 Å². The molecular weight excluding hydrogens is 414 g/mol. The van der Waals surface area contributed by atoms with E-state index in [0.717, 1.165) is 28.6 Å². The van der Waals surface area contributed by atoms with Gasteiger partial charge in [0.05, 0.1) is 10.9 Å². The molecule has 0 aliphatic carbocycles. The second-order valence-electron chi connectivity index (χ2n) is 7.10. The maximum absolute atomic E-state index is 12.7. The Balaban J connectivity index is 1.79. The molecule has 0 fully saturated rings. The van der Waals surface area contributed by atoms with Gasteiger partial charge in [-0.05, 0) is 44.5 Å². The molecule has 0 spiro atoms. The minimum absolute atomic E-state index is 0.0915. The summed E-state index contributed by atoms with van der Waals surface area (Å²) in [6, 6.07) is 12.8. The summed E-state index contributed by atoms with van der Waals surface area (Å²) in [5.41, 5.74) is 3.19. The highest BCUT2D eigenvalue weighted by atomic mass is 32.2. The third-order valence-corrected chi connectivity index (χ3v) is 5.45. The number of carbonyl (C=O) groups is 2. The van der Waals surface area contributed by atoms with E-state index in [1.54, 1.807) is 19.1 Å². The first kappa shape index (κ1) is 22.2. The Morgan fingerprint density at radius 2 is 1.77 bits per heavy atom. The Labute approximate surface area is 183 Å². The minimum atomic E-state index is -0.510. The van der Waals surface area contributed by atoms with Crippen LogP contribution in [0.4, 0.5) is 11.4 Å². The number of H-pyrrole nitrogens is 1. The molecule has 0 unspecified atom stereocenters. The molecule has 3 rings (SSSR count). The molecule has 0 saturated carbocycles. The third kappa shape index (κ3) is 5.58. The molecule has 0 saturated heterocycles. The Kier molecular flexibility index (Phi) is 6.86. The van der Waals surface area contributed by atoms with Crippen molar-refractivity contribution in [3.8, 4) is 11.3 Å². The molecule has 2 aromatic carbocycles. The summed E-state index contributed by atoms with van der Waals surface area (Å²) < 4.78 is 0. The Hall–Kier alpha value is -3.46. The molecule has 3 N–H and O–H groups in total. The molecule has 1 atom stereocenters. The first-order valence-electron chi connectivity index (χ1n) is 9.63. The van der Waals surface area contributed by atoms with E-state index in [2.05, 4.69) is 25.8 Å². The van der Waals surface area contributed by atoms with Crippen LogP contribution in [0.3, 0.4) is 0 Å². The number of nitrogens with one attached hydrogen (secondary N) is 3. The van der Waals surface area contributed by atoms with Gasteiger partial charge in [0.2, 0.25) is 11.8 Å². The van der Waals surface area contributed by atoms with Crippen molar-refractivity contribution in [2.24, 2.45) is 0 Å². The predicted octanol–water partition coefficient (Wildman–Crippen LogP) is 3.53. The number of amides is 2. The summed E-state index contributed by atoms with van der Waals surface area (Å²) in [6.45, 7) is 6.90. The Morgan fingerprint density at radius 3 is 2.45 bits per heavy atom. The molecule has 8 nitrogen and oxygen atoms in total. The SMILES string of the molecule is CC(=O)Nc1ccc(C)cc1-c1nnc(S[C@@H](C)C(=O)Nc2ccccc2C)[nH]c1=O. The van der Waals surface area contributed by atoms with Gasteiger partial charge in [-0.3, -0.25) is 19.4 Å². The molecular formula is C22H23N5O3S. The van der Waals surface area contributed by atoms with Crippen LogP contribution in [0, 0.1) is 13.8 Å².